The molecule has 6 heteroatoms. The maximum atomic E-state index is 10.9. The number of aliphatic hydroxyl groups excluding tert-OH is 1. The van der Waals surface area contributed by atoms with Crippen molar-refractivity contribution in [3.05, 3.63) is 11.8 Å². The Morgan fingerprint density at radius 2 is 1.77 bits per heavy atom. The number of carbonyl (C=O) groups excluding carboxylic acids is 1. The molecule has 0 saturated carbocycles. The standard InChI is InChI=1S/C7H12O5.Na.H/c1-10-6(9)5(4-8)7(11-2)12-3;;/h4,7-8H,1-3H3;;/b5-4+;;. The molecule has 0 amide bonds. The van der Waals surface area contributed by atoms with Gasteiger partial charge in [-0.3, -0.25) is 0 Å². The van der Waals surface area contributed by atoms with E-state index in [0.717, 1.165) is 0 Å². The van der Waals surface area contributed by atoms with Gasteiger partial charge in [0.05, 0.1) is 13.4 Å². The predicted molar refractivity (Wildman–Crippen MR) is 47.7 cm³/mol. The maximum absolute atomic E-state index is 10.9. The van der Waals surface area contributed by atoms with Crippen LogP contribution in [-0.4, -0.2) is 68.3 Å². The van der Waals surface area contributed by atoms with Gasteiger partial charge in [0.15, 0.2) is 6.29 Å². The summed E-state index contributed by atoms with van der Waals surface area (Å²) in [5.41, 5.74) is -0.0810. The molecule has 0 aromatic carbocycles. The fraction of sp³-hybridized carbons (Fsp3) is 0.571. The molecule has 72 valence electrons. The van der Waals surface area contributed by atoms with Gasteiger partial charge in [-0.25, -0.2) is 4.79 Å². The summed E-state index contributed by atoms with van der Waals surface area (Å²) in [6.07, 6.45) is -0.300. The molecular formula is C7H13NaO5. The molecule has 0 aliphatic carbocycles. The fourth-order valence-electron chi connectivity index (χ4n) is 0.678. The second-order valence-electron chi connectivity index (χ2n) is 1.88. The van der Waals surface area contributed by atoms with Crippen molar-refractivity contribution < 1.29 is 24.1 Å². The van der Waals surface area contributed by atoms with Crippen LogP contribution in [0.25, 0.3) is 0 Å². The van der Waals surface area contributed by atoms with Crippen LogP contribution < -0.4 is 0 Å². The minimum atomic E-state index is -0.901. The van der Waals surface area contributed by atoms with E-state index in [-0.39, 0.29) is 35.1 Å². The first kappa shape index (κ1) is 15.4. The van der Waals surface area contributed by atoms with Crippen molar-refractivity contribution in [3.8, 4) is 0 Å². The molecule has 5 nitrogen and oxygen atoms in total. The SMILES string of the molecule is COC(=O)/C(=C\O)C(OC)OC.[NaH]. The summed E-state index contributed by atoms with van der Waals surface area (Å²) in [5, 5.41) is 8.64. The number of hydrogen-bond donors (Lipinski definition) is 1. The first-order valence-corrected chi connectivity index (χ1v) is 3.19. The van der Waals surface area contributed by atoms with Gasteiger partial charge in [-0.05, 0) is 0 Å². The quantitative estimate of drug-likeness (QED) is 0.219. The van der Waals surface area contributed by atoms with E-state index in [4.69, 9.17) is 14.6 Å². The van der Waals surface area contributed by atoms with Crippen molar-refractivity contribution in [1.82, 2.24) is 0 Å². The Balaban J connectivity index is 0. The number of ether oxygens (including phenoxy) is 3. The van der Waals surface area contributed by atoms with E-state index >= 15 is 0 Å². The number of rotatable bonds is 4. The van der Waals surface area contributed by atoms with E-state index in [0.29, 0.717) is 6.26 Å². The summed E-state index contributed by atoms with van der Waals surface area (Å²) in [5.74, 6) is -0.689. The van der Waals surface area contributed by atoms with Crippen molar-refractivity contribution >= 4 is 35.5 Å². The van der Waals surface area contributed by atoms with Gasteiger partial charge in [-0.15, -0.1) is 0 Å². The number of carbonyl (C=O) groups is 1. The Labute approximate surface area is 98.9 Å². The summed E-state index contributed by atoms with van der Waals surface area (Å²) in [6.45, 7) is 0. The van der Waals surface area contributed by atoms with E-state index in [1.165, 1.54) is 21.3 Å². The van der Waals surface area contributed by atoms with Gasteiger partial charge >= 0.3 is 35.5 Å². The van der Waals surface area contributed by atoms with E-state index in [1.807, 2.05) is 0 Å². The molecule has 0 radical (unpaired) electrons. The third kappa shape index (κ3) is 4.64. The average molecular weight is 200 g/mol. The summed E-state index contributed by atoms with van der Waals surface area (Å²) in [7, 11) is 3.90. The van der Waals surface area contributed by atoms with Gasteiger partial charge in [0, 0.05) is 14.2 Å². The summed E-state index contributed by atoms with van der Waals surface area (Å²) in [4.78, 5) is 10.9. The third-order valence-electron chi connectivity index (χ3n) is 1.24. The average Bonchev–Trinajstić information content (AvgIpc) is 2.12. The molecule has 0 rings (SSSR count). The second kappa shape index (κ2) is 8.52. The van der Waals surface area contributed by atoms with Crippen LogP contribution in [0.5, 0.6) is 0 Å². The Morgan fingerprint density at radius 3 is 2.00 bits per heavy atom. The number of aliphatic hydroxyl groups is 1. The molecule has 0 bridgehead atoms. The molecular weight excluding hydrogens is 187 g/mol. The van der Waals surface area contributed by atoms with E-state index in [1.54, 1.807) is 0 Å². The zero-order chi connectivity index (χ0) is 9.56. The topological polar surface area (TPSA) is 65.0 Å². The Kier molecular flexibility index (Phi) is 10.1. The first-order valence-electron chi connectivity index (χ1n) is 3.19. The molecule has 1 N–H and O–H groups in total. The first-order chi connectivity index (χ1) is 5.71. The summed E-state index contributed by atoms with van der Waals surface area (Å²) >= 11 is 0. The van der Waals surface area contributed by atoms with Gasteiger partial charge in [0.1, 0.15) is 5.57 Å². The Morgan fingerprint density at radius 1 is 1.31 bits per heavy atom. The summed E-state index contributed by atoms with van der Waals surface area (Å²) < 4.78 is 13.8. The molecule has 0 unspecified atom stereocenters. The van der Waals surface area contributed by atoms with Crippen LogP contribution in [-0.2, 0) is 19.0 Å². The van der Waals surface area contributed by atoms with Crippen molar-refractivity contribution in [3.63, 3.8) is 0 Å². The Hall–Kier alpha value is -0.0700. The van der Waals surface area contributed by atoms with Gasteiger partial charge in [-0.2, -0.15) is 0 Å². The molecule has 0 aliphatic rings. The molecule has 0 spiro atoms. The molecule has 0 aromatic rings. The van der Waals surface area contributed by atoms with Crippen molar-refractivity contribution in [1.29, 1.82) is 0 Å². The van der Waals surface area contributed by atoms with Crippen LogP contribution in [0.15, 0.2) is 11.8 Å². The van der Waals surface area contributed by atoms with E-state index < -0.39 is 12.3 Å². The zero-order valence-corrected chi connectivity index (χ0v) is 7.23. The van der Waals surface area contributed by atoms with Crippen LogP contribution in [0.3, 0.4) is 0 Å². The molecule has 0 fully saturated rings. The molecule has 0 aliphatic heterocycles. The van der Waals surface area contributed by atoms with Crippen LogP contribution in [0.2, 0.25) is 0 Å². The minimum absolute atomic E-state index is 0. The van der Waals surface area contributed by atoms with Crippen LogP contribution >= 0.6 is 0 Å². The number of methoxy groups -OCH3 is 3. The summed E-state index contributed by atoms with van der Waals surface area (Å²) in [6, 6.07) is 0. The fourth-order valence-corrected chi connectivity index (χ4v) is 0.678. The second-order valence-corrected chi connectivity index (χ2v) is 1.88. The van der Waals surface area contributed by atoms with Gasteiger partial charge in [0.2, 0.25) is 0 Å². The zero-order valence-electron chi connectivity index (χ0n) is 7.23. The van der Waals surface area contributed by atoms with Crippen LogP contribution in [0, 0.1) is 0 Å². The van der Waals surface area contributed by atoms with E-state index in [9.17, 15) is 4.79 Å². The molecule has 13 heavy (non-hydrogen) atoms. The van der Waals surface area contributed by atoms with Crippen molar-refractivity contribution in [2.75, 3.05) is 21.3 Å². The number of hydrogen-bond acceptors (Lipinski definition) is 5. The molecule has 0 atom stereocenters. The van der Waals surface area contributed by atoms with Gasteiger partial charge < -0.3 is 19.3 Å². The predicted octanol–water partition coefficient (Wildman–Crippen LogP) is -0.428. The van der Waals surface area contributed by atoms with E-state index in [2.05, 4.69) is 4.74 Å². The van der Waals surface area contributed by atoms with Gasteiger partial charge in [-0.1, -0.05) is 0 Å². The van der Waals surface area contributed by atoms with Crippen LogP contribution in [0.1, 0.15) is 0 Å². The molecule has 0 heterocycles. The number of esters is 1. The van der Waals surface area contributed by atoms with Crippen LogP contribution in [0.4, 0.5) is 0 Å². The monoisotopic (exact) mass is 200 g/mol. The normalized spacial score (nSPS) is 10.9. The van der Waals surface area contributed by atoms with Crippen molar-refractivity contribution in [2.45, 2.75) is 6.29 Å². The molecule has 0 saturated heterocycles. The molecule has 0 aromatic heterocycles. The van der Waals surface area contributed by atoms with Gasteiger partial charge in [0.25, 0.3) is 0 Å². The third-order valence-corrected chi connectivity index (χ3v) is 1.24. The Bertz CT molecular complexity index is 176. The van der Waals surface area contributed by atoms with Crippen molar-refractivity contribution in [2.24, 2.45) is 0 Å².